The average molecular weight is 414 g/mol. The van der Waals surface area contributed by atoms with Crippen LogP contribution in [-0.4, -0.2) is 83.4 Å². The van der Waals surface area contributed by atoms with Gasteiger partial charge in [-0.1, -0.05) is 6.92 Å². The zero-order chi connectivity index (χ0) is 21.1. The Labute approximate surface area is 167 Å². The molecule has 2 rings (SSSR count). The smallest absolute Gasteiger partial charge is 0.257 e. The number of nitrogens with zero attached hydrogens (tertiary/aromatic N) is 2. The van der Waals surface area contributed by atoms with Gasteiger partial charge in [0, 0.05) is 39.4 Å². The Bertz CT molecular complexity index is 799. The highest BCUT2D eigenvalue weighted by Gasteiger charge is 2.27. The van der Waals surface area contributed by atoms with E-state index in [1.807, 2.05) is 14.0 Å². The van der Waals surface area contributed by atoms with E-state index in [0.717, 1.165) is 12.8 Å². The number of hydrogen-bond acceptors (Lipinski definition) is 6. The fourth-order valence-corrected chi connectivity index (χ4v) is 3.79. The third-order valence-corrected chi connectivity index (χ3v) is 5.67. The summed E-state index contributed by atoms with van der Waals surface area (Å²) >= 11 is 0. The molecule has 0 saturated heterocycles. The molecule has 0 fully saturated rings. The van der Waals surface area contributed by atoms with Crippen molar-refractivity contribution in [1.29, 1.82) is 0 Å². The van der Waals surface area contributed by atoms with Crippen LogP contribution in [0.4, 0.5) is 5.69 Å². The lowest BCUT2D eigenvalue weighted by Crippen LogP contribution is -2.45. The van der Waals surface area contributed by atoms with Gasteiger partial charge in [-0.3, -0.25) is 14.4 Å². The van der Waals surface area contributed by atoms with Crippen LogP contribution in [0.1, 0.15) is 24.2 Å². The van der Waals surface area contributed by atoms with Crippen LogP contribution in [0, 0.1) is 5.92 Å². The molecule has 0 bridgehead atoms. The highest BCUT2D eigenvalue weighted by atomic mass is 32.2. The van der Waals surface area contributed by atoms with Gasteiger partial charge < -0.3 is 14.4 Å². The monoisotopic (exact) mass is 413 g/mol. The second kappa shape index (κ2) is 9.11. The van der Waals surface area contributed by atoms with Crippen LogP contribution in [0.25, 0.3) is 0 Å². The number of carbonyl (C=O) groups excluding carboxylic acids is 1. The summed E-state index contributed by atoms with van der Waals surface area (Å²) in [5.41, 5.74) is 0.743. The van der Waals surface area contributed by atoms with E-state index in [9.17, 15) is 13.2 Å². The molecule has 0 aromatic heterocycles. The zero-order valence-electron chi connectivity index (χ0n) is 17.4. The Balaban J connectivity index is 2.42. The van der Waals surface area contributed by atoms with Gasteiger partial charge in [-0.25, -0.2) is 8.42 Å². The lowest BCUT2D eigenvalue weighted by molar-refractivity contribution is 0.0150. The molecule has 1 aromatic carbocycles. The van der Waals surface area contributed by atoms with Crippen molar-refractivity contribution in [3.05, 3.63) is 23.8 Å². The Morgan fingerprint density at radius 2 is 1.89 bits per heavy atom. The molecule has 0 radical (unpaired) electrons. The largest absolute Gasteiger partial charge is 0.491 e. The van der Waals surface area contributed by atoms with Crippen molar-refractivity contribution >= 4 is 21.6 Å². The van der Waals surface area contributed by atoms with Crippen molar-refractivity contribution in [2.24, 2.45) is 5.92 Å². The molecule has 28 heavy (non-hydrogen) atoms. The van der Waals surface area contributed by atoms with E-state index in [2.05, 4.69) is 16.5 Å². The van der Waals surface area contributed by atoms with Gasteiger partial charge in [0.25, 0.3) is 5.91 Å². The first-order valence-corrected chi connectivity index (χ1v) is 11.1. The van der Waals surface area contributed by atoms with Crippen molar-refractivity contribution in [2.45, 2.75) is 26.0 Å². The second-order valence-electron chi connectivity index (χ2n) is 7.62. The number of ether oxygens (including phenoxy) is 2. The van der Waals surface area contributed by atoms with E-state index in [1.165, 1.54) is 0 Å². The normalized spacial score (nSPS) is 25.3. The molecule has 1 aliphatic heterocycles. The van der Waals surface area contributed by atoms with Crippen molar-refractivity contribution in [3.63, 3.8) is 0 Å². The number of rotatable bonds is 3. The second-order valence-corrected chi connectivity index (χ2v) is 9.37. The number of anilines is 1. The van der Waals surface area contributed by atoms with Crippen LogP contribution >= 0.6 is 0 Å². The van der Waals surface area contributed by atoms with Crippen LogP contribution in [0.15, 0.2) is 18.2 Å². The molecule has 0 aliphatic carbocycles. The van der Waals surface area contributed by atoms with Crippen molar-refractivity contribution < 1.29 is 22.7 Å². The lowest BCUT2D eigenvalue weighted by atomic mass is 10.0. The van der Waals surface area contributed by atoms with Crippen LogP contribution < -0.4 is 9.46 Å². The molecule has 0 saturated carbocycles. The topological polar surface area (TPSA) is 88.2 Å². The SMILES string of the molecule is CO[C@H]1CN(C)C(=O)c2ccc(NS(C)(=O)=O)cc2OC[C@H](C)N(C)C[C@H]1C. The first kappa shape index (κ1) is 22.4. The fourth-order valence-electron chi connectivity index (χ4n) is 3.23. The van der Waals surface area contributed by atoms with E-state index >= 15 is 0 Å². The summed E-state index contributed by atoms with van der Waals surface area (Å²) in [5, 5.41) is 0. The van der Waals surface area contributed by atoms with Gasteiger partial charge in [-0.2, -0.15) is 0 Å². The molecule has 3 atom stereocenters. The quantitative estimate of drug-likeness (QED) is 0.808. The zero-order valence-corrected chi connectivity index (χ0v) is 18.2. The van der Waals surface area contributed by atoms with Crippen LogP contribution in [0.5, 0.6) is 5.75 Å². The number of hydrogen-bond donors (Lipinski definition) is 1. The molecule has 9 heteroatoms. The lowest BCUT2D eigenvalue weighted by Gasteiger charge is -2.34. The number of amides is 1. The first-order valence-electron chi connectivity index (χ1n) is 9.25. The van der Waals surface area contributed by atoms with E-state index in [4.69, 9.17) is 9.47 Å². The molecule has 1 aromatic rings. The predicted molar refractivity (Wildman–Crippen MR) is 109 cm³/mol. The molecular weight excluding hydrogens is 382 g/mol. The van der Waals surface area contributed by atoms with Gasteiger partial charge in [-0.15, -0.1) is 0 Å². The van der Waals surface area contributed by atoms with Gasteiger partial charge >= 0.3 is 0 Å². The number of likely N-dealkylation sites (N-methyl/N-ethyl adjacent to an activating group) is 2. The van der Waals surface area contributed by atoms with Crippen LogP contribution in [-0.2, 0) is 14.8 Å². The summed E-state index contributed by atoms with van der Waals surface area (Å²) in [4.78, 5) is 16.8. The van der Waals surface area contributed by atoms with Crippen molar-refractivity contribution in [3.8, 4) is 5.75 Å². The van der Waals surface area contributed by atoms with Gasteiger partial charge in [0.05, 0.1) is 23.6 Å². The average Bonchev–Trinajstić information content (AvgIpc) is 2.61. The summed E-state index contributed by atoms with van der Waals surface area (Å²) in [6, 6.07) is 4.81. The number of methoxy groups -OCH3 is 1. The molecule has 0 unspecified atom stereocenters. The molecule has 1 amide bonds. The first-order chi connectivity index (χ1) is 13.0. The Morgan fingerprint density at radius 3 is 2.50 bits per heavy atom. The summed E-state index contributed by atoms with van der Waals surface area (Å²) < 4.78 is 37.1. The fraction of sp³-hybridized carbons (Fsp3) is 0.632. The predicted octanol–water partition coefficient (Wildman–Crippen LogP) is 1.49. The maximum absolute atomic E-state index is 13.0. The number of carbonyl (C=O) groups is 1. The minimum absolute atomic E-state index is 0.0985. The van der Waals surface area contributed by atoms with E-state index in [1.54, 1.807) is 37.3 Å². The van der Waals surface area contributed by atoms with Gasteiger partial charge in [0.1, 0.15) is 12.4 Å². The number of benzene rings is 1. The van der Waals surface area contributed by atoms with E-state index in [-0.39, 0.29) is 24.0 Å². The Hall–Kier alpha value is -1.84. The molecule has 8 nitrogen and oxygen atoms in total. The molecule has 1 aliphatic rings. The summed E-state index contributed by atoms with van der Waals surface area (Å²) in [6.45, 7) is 5.77. The highest BCUT2D eigenvalue weighted by Crippen LogP contribution is 2.27. The standard InChI is InChI=1S/C19H31N3O5S/c1-13-10-21(3)14(2)12-27-17-9-15(20-28(6,24)25)7-8-16(17)19(23)22(4)11-18(13)26-5/h7-9,13-14,18,20H,10-12H2,1-6H3/t13-,14+,18+/m1/s1. The minimum atomic E-state index is -3.43. The van der Waals surface area contributed by atoms with E-state index < -0.39 is 10.0 Å². The van der Waals surface area contributed by atoms with Gasteiger partial charge in [-0.05, 0) is 32.0 Å². The molecule has 1 heterocycles. The van der Waals surface area contributed by atoms with Crippen LogP contribution in [0.3, 0.4) is 0 Å². The number of sulfonamides is 1. The van der Waals surface area contributed by atoms with Gasteiger partial charge in [0.15, 0.2) is 0 Å². The van der Waals surface area contributed by atoms with Gasteiger partial charge in [0.2, 0.25) is 10.0 Å². The summed E-state index contributed by atoms with van der Waals surface area (Å²) in [7, 11) is 1.99. The summed E-state index contributed by atoms with van der Waals surface area (Å²) in [5.74, 6) is 0.387. The maximum atomic E-state index is 13.0. The molecule has 1 N–H and O–H groups in total. The third-order valence-electron chi connectivity index (χ3n) is 5.06. The van der Waals surface area contributed by atoms with Crippen molar-refractivity contribution in [2.75, 3.05) is 51.9 Å². The molecule has 0 spiro atoms. The van der Waals surface area contributed by atoms with E-state index in [0.29, 0.717) is 30.2 Å². The maximum Gasteiger partial charge on any atom is 0.257 e. The Kier molecular flexibility index (Phi) is 7.30. The van der Waals surface area contributed by atoms with Crippen molar-refractivity contribution in [1.82, 2.24) is 9.80 Å². The number of fused-ring (bicyclic) bond motifs is 1. The Morgan fingerprint density at radius 1 is 1.21 bits per heavy atom. The minimum Gasteiger partial charge on any atom is -0.491 e. The van der Waals surface area contributed by atoms with Crippen LogP contribution in [0.2, 0.25) is 0 Å². The summed E-state index contributed by atoms with van der Waals surface area (Å²) in [6.07, 6.45) is 0.980. The third kappa shape index (κ3) is 5.83. The highest BCUT2D eigenvalue weighted by molar-refractivity contribution is 7.92. The number of nitrogens with one attached hydrogen (secondary N) is 1. The molecule has 158 valence electrons. The molecular formula is C19H31N3O5S.